The molecule has 0 unspecified atom stereocenters. The lowest BCUT2D eigenvalue weighted by atomic mass is 10.2. The summed E-state index contributed by atoms with van der Waals surface area (Å²) < 4.78 is 2.66. The monoisotopic (exact) mass is 252 g/mol. The number of rotatable bonds is 1. The fourth-order valence-corrected chi connectivity index (χ4v) is 1.85. The van der Waals surface area contributed by atoms with Crippen molar-refractivity contribution in [2.24, 2.45) is 0 Å². The van der Waals surface area contributed by atoms with Crippen molar-refractivity contribution in [2.75, 3.05) is 5.73 Å². The highest BCUT2D eigenvalue weighted by Gasteiger charge is 2.01. The quantitative estimate of drug-likeness (QED) is 0.844. The molecule has 2 aromatic rings. The molecule has 1 aromatic heterocycles. The minimum atomic E-state index is 0.419. The standard InChI is InChI=1S/C9H9BrN4/c1-6-2-7(10)4-8(3-6)14-5-9(11)12-13-14/h2-5H,11H2,1H3. The summed E-state index contributed by atoms with van der Waals surface area (Å²) in [5.74, 6) is 0.419. The van der Waals surface area contributed by atoms with Crippen LogP contribution < -0.4 is 5.73 Å². The van der Waals surface area contributed by atoms with Crippen molar-refractivity contribution < 1.29 is 0 Å². The molecule has 5 heteroatoms. The van der Waals surface area contributed by atoms with E-state index in [-0.39, 0.29) is 0 Å². The third kappa shape index (κ3) is 1.77. The molecule has 72 valence electrons. The molecule has 0 aliphatic heterocycles. The molecule has 0 aliphatic rings. The third-order valence-electron chi connectivity index (χ3n) is 1.80. The van der Waals surface area contributed by atoms with E-state index in [9.17, 15) is 0 Å². The fourth-order valence-electron chi connectivity index (χ4n) is 1.25. The second-order valence-corrected chi connectivity index (χ2v) is 3.99. The Labute approximate surface area is 89.9 Å². The van der Waals surface area contributed by atoms with E-state index in [4.69, 9.17) is 5.73 Å². The number of nitrogens with two attached hydrogens (primary N) is 1. The molecular weight excluding hydrogens is 244 g/mol. The zero-order chi connectivity index (χ0) is 10.1. The zero-order valence-electron chi connectivity index (χ0n) is 7.61. The molecular formula is C9H9BrN4. The van der Waals surface area contributed by atoms with Gasteiger partial charge in [-0.2, -0.15) is 0 Å². The molecule has 4 nitrogen and oxygen atoms in total. The van der Waals surface area contributed by atoms with E-state index in [0.29, 0.717) is 5.82 Å². The van der Waals surface area contributed by atoms with Gasteiger partial charge >= 0.3 is 0 Å². The van der Waals surface area contributed by atoms with E-state index in [1.54, 1.807) is 10.9 Å². The van der Waals surface area contributed by atoms with Crippen LogP contribution in [0.3, 0.4) is 0 Å². The SMILES string of the molecule is Cc1cc(Br)cc(-n2cc(N)nn2)c1. The van der Waals surface area contributed by atoms with E-state index in [1.165, 1.54) is 0 Å². The summed E-state index contributed by atoms with van der Waals surface area (Å²) in [6.07, 6.45) is 1.68. The number of hydrogen-bond donors (Lipinski definition) is 1. The predicted octanol–water partition coefficient (Wildman–Crippen LogP) is 1.92. The number of nitrogen functional groups attached to an aromatic ring is 1. The van der Waals surface area contributed by atoms with Crippen molar-refractivity contribution in [1.29, 1.82) is 0 Å². The largest absolute Gasteiger partial charge is 0.381 e. The van der Waals surface area contributed by atoms with Crippen LogP contribution in [0.5, 0.6) is 0 Å². The minimum absolute atomic E-state index is 0.419. The maximum atomic E-state index is 5.49. The smallest absolute Gasteiger partial charge is 0.166 e. The second-order valence-electron chi connectivity index (χ2n) is 3.07. The van der Waals surface area contributed by atoms with Gasteiger partial charge in [-0.1, -0.05) is 21.1 Å². The van der Waals surface area contributed by atoms with Gasteiger partial charge in [-0.25, -0.2) is 4.68 Å². The van der Waals surface area contributed by atoms with E-state index >= 15 is 0 Å². The van der Waals surface area contributed by atoms with Crippen molar-refractivity contribution in [2.45, 2.75) is 6.92 Å². The van der Waals surface area contributed by atoms with Gasteiger partial charge in [0.25, 0.3) is 0 Å². The highest BCUT2D eigenvalue weighted by molar-refractivity contribution is 9.10. The number of aryl methyl sites for hydroxylation is 1. The van der Waals surface area contributed by atoms with Crippen LogP contribution >= 0.6 is 15.9 Å². The summed E-state index contributed by atoms with van der Waals surface area (Å²) in [6, 6.07) is 6.00. The molecule has 0 bridgehead atoms. The number of halogens is 1. The highest BCUT2D eigenvalue weighted by Crippen LogP contribution is 2.18. The van der Waals surface area contributed by atoms with E-state index in [1.807, 2.05) is 25.1 Å². The van der Waals surface area contributed by atoms with Gasteiger partial charge in [0.15, 0.2) is 5.82 Å². The Morgan fingerprint density at radius 3 is 2.71 bits per heavy atom. The van der Waals surface area contributed by atoms with Gasteiger partial charge in [0.05, 0.1) is 11.9 Å². The summed E-state index contributed by atoms with van der Waals surface area (Å²) in [5.41, 5.74) is 7.59. The molecule has 0 saturated carbocycles. The summed E-state index contributed by atoms with van der Waals surface area (Å²) in [5, 5.41) is 7.62. The average Bonchev–Trinajstić information content (AvgIpc) is 2.50. The van der Waals surface area contributed by atoms with Gasteiger partial charge in [-0.05, 0) is 30.7 Å². The molecule has 1 heterocycles. The average molecular weight is 253 g/mol. The molecule has 0 fully saturated rings. The Bertz CT molecular complexity index is 443. The van der Waals surface area contributed by atoms with Gasteiger partial charge in [0.2, 0.25) is 0 Å². The number of benzene rings is 1. The van der Waals surface area contributed by atoms with Crippen molar-refractivity contribution in [3.63, 3.8) is 0 Å². The van der Waals surface area contributed by atoms with Gasteiger partial charge < -0.3 is 5.73 Å². The number of nitrogens with zero attached hydrogens (tertiary/aromatic N) is 3. The van der Waals surface area contributed by atoms with Crippen molar-refractivity contribution in [3.05, 3.63) is 34.4 Å². The van der Waals surface area contributed by atoms with Crippen molar-refractivity contribution in [1.82, 2.24) is 15.0 Å². The lowest BCUT2D eigenvalue weighted by Gasteiger charge is -2.02. The van der Waals surface area contributed by atoms with Crippen LogP contribution in [0.15, 0.2) is 28.9 Å². The first-order chi connectivity index (χ1) is 6.65. The molecule has 0 aliphatic carbocycles. The first-order valence-corrected chi connectivity index (χ1v) is 4.90. The summed E-state index contributed by atoms with van der Waals surface area (Å²) in [4.78, 5) is 0. The van der Waals surface area contributed by atoms with E-state index in [2.05, 4.69) is 26.2 Å². The van der Waals surface area contributed by atoms with Crippen LogP contribution in [-0.4, -0.2) is 15.0 Å². The van der Waals surface area contributed by atoms with Gasteiger partial charge in [-0.3, -0.25) is 0 Å². The van der Waals surface area contributed by atoms with Gasteiger partial charge in [0.1, 0.15) is 0 Å². The summed E-state index contributed by atoms with van der Waals surface area (Å²) in [6.45, 7) is 2.02. The first kappa shape index (κ1) is 9.21. The molecule has 0 amide bonds. The van der Waals surface area contributed by atoms with E-state index in [0.717, 1.165) is 15.7 Å². The summed E-state index contributed by atoms with van der Waals surface area (Å²) >= 11 is 3.42. The fraction of sp³-hybridized carbons (Fsp3) is 0.111. The molecule has 0 radical (unpaired) electrons. The van der Waals surface area contributed by atoms with Crippen molar-refractivity contribution in [3.8, 4) is 5.69 Å². The Morgan fingerprint density at radius 1 is 1.36 bits per heavy atom. The first-order valence-electron chi connectivity index (χ1n) is 4.10. The van der Waals surface area contributed by atoms with Crippen molar-refractivity contribution >= 4 is 21.7 Å². The number of aromatic nitrogens is 3. The lowest BCUT2D eigenvalue weighted by molar-refractivity contribution is 0.803. The predicted molar refractivity (Wildman–Crippen MR) is 58.2 cm³/mol. The Hall–Kier alpha value is -1.36. The second kappa shape index (κ2) is 3.42. The van der Waals surface area contributed by atoms with Crippen LogP contribution in [0.1, 0.15) is 5.56 Å². The zero-order valence-corrected chi connectivity index (χ0v) is 9.19. The molecule has 2 N–H and O–H groups in total. The molecule has 2 rings (SSSR count). The molecule has 0 spiro atoms. The van der Waals surface area contributed by atoms with E-state index < -0.39 is 0 Å². The Kier molecular flexibility index (Phi) is 2.25. The Morgan fingerprint density at radius 2 is 2.14 bits per heavy atom. The molecule has 1 aromatic carbocycles. The van der Waals surface area contributed by atoms with Crippen LogP contribution in [0.4, 0.5) is 5.82 Å². The maximum Gasteiger partial charge on any atom is 0.166 e. The normalized spacial score (nSPS) is 10.4. The van der Waals surface area contributed by atoms with Gasteiger partial charge in [-0.15, -0.1) is 5.10 Å². The third-order valence-corrected chi connectivity index (χ3v) is 2.26. The number of anilines is 1. The summed E-state index contributed by atoms with van der Waals surface area (Å²) in [7, 11) is 0. The Balaban J connectivity index is 2.51. The number of hydrogen-bond acceptors (Lipinski definition) is 3. The lowest BCUT2D eigenvalue weighted by Crippen LogP contribution is -1.95. The molecule has 0 atom stereocenters. The van der Waals surface area contributed by atoms with Crippen LogP contribution in [0, 0.1) is 6.92 Å². The van der Waals surface area contributed by atoms with Crippen LogP contribution in [-0.2, 0) is 0 Å². The molecule has 14 heavy (non-hydrogen) atoms. The molecule has 0 saturated heterocycles. The minimum Gasteiger partial charge on any atom is -0.381 e. The maximum absolute atomic E-state index is 5.49. The highest BCUT2D eigenvalue weighted by atomic mass is 79.9. The van der Waals surface area contributed by atoms with Crippen LogP contribution in [0.25, 0.3) is 5.69 Å². The van der Waals surface area contributed by atoms with Crippen LogP contribution in [0.2, 0.25) is 0 Å². The topological polar surface area (TPSA) is 56.7 Å². The van der Waals surface area contributed by atoms with Gasteiger partial charge in [0, 0.05) is 4.47 Å².